The first-order chi connectivity index (χ1) is 17.6. The van der Waals surface area contributed by atoms with Gasteiger partial charge in [-0.05, 0) is 74.3 Å². The van der Waals surface area contributed by atoms with Gasteiger partial charge in [-0.15, -0.1) is 0 Å². The lowest BCUT2D eigenvalue weighted by Gasteiger charge is -2.32. The van der Waals surface area contributed by atoms with E-state index in [4.69, 9.17) is 9.57 Å². The molecule has 0 radical (unpaired) electrons. The van der Waals surface area contributed by atoms with Crippen LogP contribution in [0, 0.1) is 6.92 Å². The van der Waals surface area contributed by atoms with Crippen LogP contribution in [0.25, 0.3) is 0 Å². The van der Waals surface area contributed by atoms with Crippen molar-refractivity contribution in [1.29, 1.82) is 0 Å². The normalized spacial score (nSPS) is 16.5. The van der Waals surface area contributed by atoms with Gasteiger partial charge in [0.05, 0.1) is 11.3 Å². The van der Waals surface area contributed by atoms with Crippen molar-refractivity contribution in [2.45, 2.75) is 71.8 Å². The highest BCUT2D eigenvalue weighted by Gasteiger charge is 2.24. The van der Waals surface area contributed by atoms with Gasteiger partial charge in [-0.3, -0.25) is 0 Å². The van der Waals surface area contributed by atoms with Crippen molar-refractivity contribution >= 4 is 11.7 Å². The summed E-state index contributed by atoms with van der Waals surface area (Å²) in [6, 6.07) is 6.60. The number of piperidine rings is 1. The molecular weight excluding hydrogens is 452 g/mol. The van der Waals surface area contributed by atoms with Crippen LogP contribution in [0.2, 0.25) is 0 Å². The predicted molar refractivity (Wildman–Crippen MR) is 140 cm³/mol. The molecule has 1 aliphatic heterocycles. The van der Waals surface area contributed by atoms with Crippen molar-refractivity contribution < 1.29 is 9.57 Å². The Bertz CT molecular complexity index is 1220. The largest absolute Gasteiger partial charge is 0.474 e. The Morgan fingerprint density at radius 2 is 1.72 bits per heavy atom. The molecular formula is C28H34N6O2. The number of nitrogens with zero attached hydrogens (tertiary/aromatic N) is 6. The summed E-state index contributed by atoms with van der Waals surface area (Å²) in [5.41, 5.74) is 6.69. The van der Waals surface area contributed by atoms with Crippen LogP contribution in [0.5, 0.6) is 11.8 Å². The van der Waals surface area contributed by atoms with Crippen LogP contribution in [-0.4, -0.2) is 44.8 Å². The van der Waals surface area contributed by atoms with Gasteiger partial charge in [0.1, 0.15) is 12.4 Å². The zero-order valence-electron chi connectivity index (χ0n) is 21.4. The summed E-state index contributed by atoms with van der Waals surface area (Å²) >= 11 is 0. The number of benzene rings is 1. The van der Waals surface area contributed by atoms with Crippen LogP contribution >= 0.6 is 0 Å². The molecule has 1 aromatic carbocycles. The number of oxime groups is 1. The molecule has 36 heavy (non-hydrogen) atoms. The number of hydrogen-bond acceptors (Lipinski definition) is 8. The third-order valence-corrected chi connectivity index (χ3v) is 7.13. The Kier molecular flexibility index (Phi) is 7.39. The lowest BCUT2D eigenvalue weighted by Crippen LogP contribution is -2.39. The molecule has 3 aromatic rings. The molecule has 0 unspecified atom stereocenters. The number of anilines is 1. The maximum atomic E-state index is 6.25. The first kappa shape index (κ1) is 24.2. The van der Waals surface area contributed by atoms with Crippen LogP contribution in [-0.2, 0) is 19.3 Å². The fourth-order valence-electron chi connectivity index (χ4n) is 4.78. The van der Waals surface area contributed by atoms with E-state index in [1.165, 1.54) is 36.7 Å². The number of aromatic nitrogens is 4. The number of ether oxygens (including phenoxy) is 1. The van der Waals surface area contributed by atoms with Crippen molar-refractivity contribution in [3.8, 4) is 11.8 Å². The average molecular weight is 487 g/mol. The molecule has 1 fully saturated rings. The lowest BCUT2D eigenvalue weighted by atomic mass is 9.90. The van der Waals surface area contributed by atoms with Crippen molar-refractivity contribution in [3.05, 3.63) is 64.7 Å². The molecule has 0 saturated carbocycles. The standard InChI is InChI=1S/C28H34N6O2/c1-4-21-16-29-28(30-17-21)34-13-11-25(12-14-34)35-26-19(2)27(32-18-31-26)36-33-20(3)23-10-9-22-7-5-6-8-24(22)15-23/h9-10,15-18,25H,4-8,11-14H2,1-3H3. The minimum absolute atomic E-state index is 0.0679. The smallest absolute Gasteiger partial charge is 0.258 e. The zero-order valence-corrected chi connectivity index (χ0v) is 21.4. The molecule has 2 aliphatic rings. The van der Waals surface area contributed by atoms with Gasteiger partial charge < -0.3 is 14.5 Å². The summed E-state index contributed by atoms with van der Waals surface area (Å²) in [5, 5.41) is 4.37. The summed E-state index contributed by atoms with van der Waals surface area (Å²) in [4.78, 5) is 25.6. The highest BCUT2D eigenvalue weighted by molar-refractivity contribution is 5.98. The Labute approximate surface area is 212 Å². The van der Waals surface area contributed by atoms with E-state index in [9.17, 15) is 0 Å². The maximum Gasteiger partial charge on any atom is 0.258 e. The molecule has 0 N–H and O–H groups in total. The topological polar surface area (TPSA) is 85.6 Å². The van der Waals surface area contributed by atoms with Gasteiger partial charge in [-0.25, -0.2) is 15.0 Å². The second kappa shape index (κ2) is 11.0. The van der Waals surface area contributed by atoms with Gasteiger partial charge in [0.2, 0.25) is 11.8 Å². The van der Waals surface area contributed by atoms with Crippen LogP contribution < -0.4 is 14.5 Å². The molecule has 1 saturated heterocycles. The van der Waals surface area contributed by atoms with Gasteiger partial charge in [-0.2, -0.15) is 4.98 Å². The van der Waals surface area contributed by atoms with Gasteiger partial charge in [0, 0.05) is 38.3 Å². The number of rotatable bonds is 7. The summed E-state index contributed by atoms with van der Waals surface area (Å²) < 4.78 is 6.25. The van der Waals surface area contributed by atoms with Gasteiger partial charge in [0.15, 0.2) is 0 Å². The van der Waals surface area contributed by atoms with Crippen LogP contribution in [0.1, 0.15) is 67.3 Å². The summed E-state index contributed by atoms with van der Waals surface area (Å²) in [6.07, 6.45) is 12.9. The number of hydrogen-bond donors (Lipinski definition) is 0. The Hall–Kier alpha value is -3.55. The van der Waals surface area contributed by atoms with Gasteiger partial charge >= 0.3 is 0 Å². The maximum absolute atomic E-state index is 6.25. The second-order valence-corrected chi connectivity index (χ2v) is 9.62. The van der Waals surface area contributed by atoms with E-state index in [1.54, 1.807) is 0 Å². The van der Waals surface area contributed by atoms with Crippen LogP contribution in [0.15, 0.2) is 42.1 Å². The highest BCUT2D eigenvalue weighted by atomic mass is 16.6. The SMILES string of the molecule is CCc1cnc(N2CCC(Oc3ncnc(ON=C(C)c4ccc5c(c4)CCCC5)c3C)CC2)nc1. The van der Waals surface area contributed by atoms with Gasteiger partial charge in [-0.1, -0.05) is 24.2 Å². The zero-order chi connectivity index (χ0) is 24.9. The van der Waals surface area contributed by atoms with E-state index in [0.29, 0.717) is 11.8 Å². The van der Waals surface area contributed by atoms with E-state index in [0.717, 1.165) is 67.1 Å². The minimum atomic E-state index is 0.0679. The van der Waals surface area contributed by atoms with Crippen molar-refractivity contribution in [1.82, 2.24) is 19.9 Å². The van der Waals surface area contributed by atoms with Crippen LogP contribution in [0.3, 0.4) is 0 Å². The average Bonchev–Trinajstić information content (AvgIpc) is 2.93. The first-order valence-electron chi connectivity index (χ1n) is 13.0. The van der Waals surface area contributed by atoms with E-state index < -0.39 is 0 Å². The summed E-state index contributed by atoms with van der Waals surface area (Å²) in [5.74, 6) is 1.74. The molecule has 8 nitrogen and oxygen atoms in total. The molecule has 188 valence electrons. The molecule has 8 heteroatoms. The molecule has 2 aromatic heterocycles. The Balaban J connectivity index is 1.20. The monoisotopic (exact) mass is 486 g/mol. The molecule has 1 aliphatic carbocycles. The van der Waals surface area contributed by atoms with Crippen molar-refractivity contribution in [3.63, 3.8) is 0 Å². The fourth-order valence-corrected chi connectivity index (χ4v) is 4.78. The fraction of sp³-hybridized carbons (Fsp3) is 0.464. The molecule has 0 bridgehead atoms. The van der Waals surface area contributed by atoms with E-state index >= 15 is 0 Å². The molecule has 5 rings (SSSR count). The van der Waals surface area contributed by atoms with Gasteiger partial charge in [0.25, 0.3) is 5.88 Å². The Morgan fingerprint density at radius 3 is 2.47 bits per heavy atom. The van der Waals surface area contributed by atoms with Crippen molar-refractivity contribution in [2.75, 3.05) is 18.0 Å². The minimum Gasteiger partial charge on any atom is -0.474 e. The quantitative estimate of drug-likeness (QED) is 0.348. The summed E-state index contributed by atoms with van der Waals surface area (Å²) in [7, 11) is 0. The van der Waals surface area contributed by atoms with E-state index in [2.05, 4.69) is 55.1 Å². The Morgan fingerprint density at radius 1 is 1.00 bits per heavy atom. The number of aryl methyl sites for hydroxylation is 3. The third-order valence-electron chi connectivity index (χ3n) is 7.13. The molecule has 0 atom stereocenters. The van der Waals surface area contributed by atoms with E-state index in [1.807, 2.05) is 26.2 Å². The van der Waals surface area contributed by atoms with E-state index in [-0.39, 0.29) is 6.10 Å². The third kappa shape index (κ3) is 5.48. The lowest BCUT2D eigenvalue weighted by molar-refractivity contribution is 0.160. The molecule has 0 amide bonds. The predicted octanol–water partition coefficient (Wildman–Crippen LogP) is 4.87. The molecule has 3 heterocycles. The second-order valence-electron chi connectivity index (χ2n) is 9.62. The highest BCUT2D eigenvalue weighted by Crippen LogP contribution is 2.27. The van der Waals surface area contributed by atoms with Crippen LogP contribution in [0.4, 0.5) is 5.95 Å². The number of fused-ring (bicyclic) bond motifs is 1. The molecule has 0 spiro atoms. The summed E-state index contributed by atoms with van der Waals surface area (Å²) in [6.45, 7) is 7.66. The van der Waals surface area contributed by atoms with Crippen molar-refractivity contribution in [2.24, 2.45) is 5.16 Å². The first-order valence-corrected chi connectivity index (χ1v) is 13.0.